The van der Waals surface area contributed by atoms with Crippen molar-refractivity contribution in [3.05, 3.63) is 35.9 Å². The van der Waals surface area contributed by atoms with Crippen LogP contribution in [0.5, 0.6) is 0 Å². The first-order valence-electron chi connectivity index (χ1n) is 4.78. The van der Waals surface area contributed by atoms with E-state index >= 15 is 0 Å². The summed E-state index contributed by atoms with van der Waals surface area (Å²) in [6.07, 6.45) is 0. The maximum atomic E-state index is 11.5. The van der Waals surface area contributed by atoms with Gasteiger partial charge in [0.05, 0.1) is 6.54 Å². The molecule has 14 heavy (non-hydrogen) atoms. The zero-order valence-corrected chi connectivity index (χ0v) is 8.42. The van der Waals surface area contributed by atoms with Crippen molar-refractivity contribution >= 4 is 5.78 Å². The number of carbonyl (C=O) groups is 1. The van der Waals surface area contributed by atoms with E-state index in [0.29, 0.717) is 6.54 Å². The molecule has 3 nitrogen and oxygen atoms in total. The first-order valence-corrected chi connectivity index (χ1v) is 4.78. The van der Waals surface area contributed by atoms with E-state index in [2.05, 4.69) is 10.6 Å². The highest BCUT2D eigenvalue weighted by Gasteiger charge is 2.02. The number of benzene rings is 1. The second-order valence-corrected chi connectivity index (χ2v) is 3.07. The van der Waals surface area contributed by atoms with Crippen LogP contribution in [0.15, 0.2) is 30.3 Å². The van der Waals surface area contributed by atoms with Gasteiger partial charge < -0.3 is 10.6 Å². The molecule has 0 saturated heterocycles. The number of rotatable bonds is 6. The van der Waals surface area contributed by atoms with Crippen molar-refractivity contribution in [3.8, 4) is 0 Å². The van der Waals surface area contributed by atoms with Gasteiger partial charge in [-0.05, 0) is 7.05 Å². The molecule has 0 spiro atoms. The molecule has 0 heterocycles. The van der Waals surface area contributed by atoms with E-state index in [1.54, 1.807) is 0 Å². The Morgan fingerprint density at radius 1 is 1.21 bits per heavy atom. The SMILES string of the molecule is CNCCNCC(=O)c1ccccc1. The normalized spacial score (nSPS) is 10.1. The number of Topliss-reactive ketones (excluding diaryl/α,β-unsaturated/α-hetero) is 1. The molecule has 2 N–H and O–H groups in total. The molecule has 1 aromatic rings. The van der Waals surface area contributed by atoms with Crippen molar-refractivity contribution in [3.63, 3.8) is 0 Å². The number of carbonyl (C=O) groups excluding carboxylic acids is 1. The highest BCUT2D eigenvalue weighted by molar-refractivity contribution is 5.97. The molecule has 0 fully saturated rings. The van der Waals surface area contributed by atoms with Gasteiger partial charge >= 0.3 is 0 Å². The summed E-state index contributed by atoms with van der Waals surface area (Å²) < 4.78 is 0. The van der Waals surface area contributed by atoms with Crippen molar-refractivity contribution in [1.29, 1.82) is 0 Å². The van der Waals surface area contributed by atoms with E-state index in [9.17, 15) is 4.79 Å². The van der Waals surface area contributed by atoms with Gasteiger partial charge in [-0.15, -0.1) is 0 Å². The number of ketones is 1. The Morgan fingerprint density at radius 2 is 1.93 bits per heavy atom. The van der Waals surface area contributed by atoms with Gasteiger partial charge in [0.15, 0.2) is 5.78 Å². The van der Waals surface area contributed by atoms with Gasteiger partial charge in [0.1, 0.15) is 0 Å². The molecule has 0 bridgehead atoms. The van der Waals surface area contributed by atoms with Crippen molar-refractivity contribution in [1.82, 2.24) is 10.6 Å². The first kappa shape index (κ1) is 10.9. The molecule has 1 rings (SSSR count). The summed E-state index contributed by atoms with van der Waals surface area (Å²) in [5.41, 5.74) is 0.768. The zero-order valence-electron chi connectivity index (χ0n) is 8.42. The van der Waals surface area contributed by atoms with E-state index in [4.69, 9.17) is 0 Å². The van der Waals surface area contributed by atoms with Gasteiger partial charge in [-0.3, -0.25) is 4.79 Å². The van der Waals surface area contributed by atoms with Crippen molar-refractivity contribution in [2.24, 2.45) is 0 Å². The lowest BCUT2D eigenvalue weighted by Crippen LogP contribution is -2.29. The molecule has 1 aromatic carbocycles. The summed E-state index contributed by atoms with van der Waals surface area (Å²) in [5.74, 6) is 0.140. The maximum absolute atomic E-state index is 11.5. The topological polar surface area (TPSA) is 41.1 Å². The summed E-state index contributed by atoms with van der Waals surface area (Å²) in [5, 5.41) is 6.08. The fourth-order valence-electron chi connectivity index (χ4n) is 1.14. The van der Waals surface area contributed by atoms with E-state index < -0.39 is 0 Å². The molecule has 0 saturated carbocycles. The largest absolute Gasteiger partial charge is 0.318 e. The Bertz CT molecular complexity index is 272. The van der Waals surface area contributed by atoms with Crippen LogP contribution in [0.1, 0.15) is 10.4 Å². The molecule has 76 valence electrons. The van der Waals surface area contributed by atoms with Crippen LogP contribution in [0, 0.1) is 0 Å². The van der Waals surface area contributed by atoms with Crippen molar-refractivity contribution in [2.75, 3.05) is 26.7 Å². The average Bonchev–Trinajstić information content (AvgIpc) is 2.25. The quantitative estimate of drug-likeness (QED) is 0.514. The average molecular weight is 192 g/mol. The number of likely N-dealkylation sites (N-methyl/N-ethyl adjacent to an activating group) is 1. The molecule has 0 aliphatic heterocycles. The summed E-state index contributed by atoms with van der Waals surface area (Å²) in [6, 6.07) is 9.33. The fourth-order valence-corrected chi connectivity index (χ4v) is 1.14. The Morgan fingerprint density at radius 3 is 2.57 bits per heavy atom. The van der Waals surface area contributed by atoms with Crippen LogP contribution in [0.4, 0.5) is 0 Å². The predicted octanol–water partition coefficient (Wildman–Crippen LogP) is 0.678. The van der Waals surface area contributed by atoms with Crippen molar-refractivity contribution in [2.45, 2.75) is 0 Å². The highest BCUT2D eigenvalue weighted by Crippen LogP contribution is 1.98. The van der Waals surface area contributed by atoms with Gasteiger partial charge in [-0.1, -0.05) is 30.3 Å². The molecule has 3 heteroatoms. The summed E-state index contributed by atoms with van der Waals surface area (Å²) in [4.78, 5) is 11.5. The van der Waals surface area contributed by atoms with E-state index in [1.807, 2.05) is 37.4 Å². The molecule has 0 aliphatic carbocycles. The molecular weight excluding hydrogens is 176 g/mol. The van der Waals surface area contributed by atoms with Crippen LogP contribution in [0.2, 0.25) is 0 Å². The van der Waals surface area contributed by atoms with Gasteiger partial charge in [-0.25, -0.2) is 0 Å². The number of hydrogen-bond donors (Lipinski definition) is 2. The fraction of sp³-hybridized carbons (Fsp3) is 0.364. The zero-order chi connectivity index (χ0) is 10.2. The number of nitrogens with one attached hydrogen (secondary N) is 2. The molecule has 0 amide bonds. The second-order valence-electron chi connectivity index (χ2n) is 3.07. The monoisotopic (exact) mass is 192 g/mol. The number of hydrogen-bond acceptors (Lipinski definition) is 3. The van der Waals surface area contributed by atoms with Gasteiger partial charge in [0.25, 0.3) is 0 Å². The van der Waals surface area contributed by atoms with Crippen LogP contribution in [0.25, 0.3) is 0 Å². The summed E-state index contributed by atoms with van der Waals surface area (Å²) >= 11 is 0. The third-order valence-corrected chi connectivity index (χ3v) is 1.93. The maximum Gasteiger partial charge on any atom is 0.176 e. The van der Waals surface area contributed by atoms with Crippen molar-refractivity contribution < 1.29 is 4.79 Å². The second kappa shape index (κ2) is 6.29. The molecule has 0 aromatic heterocycles. The lowest BCUT2D eigenvalue weighted by molar-refractivity contribution is 0.0991. The third kappa shape index (κ3) is 3.68. The smallest absolute Gasteiger partial charge is 0.176 e. The Balaban J connectivity index is 2.29. The van der Waals surface area contributed by atoms with Crippen LogP contribution in [-0.4, -0.2) is 32.5 Å². The molecular formula is C11H16N2O. The minimum absolute atomic E-state index is 0.140. The standard InChI is InChI=1S/C11H16N2O/c1-12-7-8-13-9-11(14)10-5-3-2-4-6-10/h2-6,12-13H,7-9H2,1H3. The van der Waals surface area contributed by atoms with Gasteiger partial charge in [0, 0.05) is 18.7 Å². The summed E-state index contributed by atoms with van der Waals surface area (Å²) in [7, 11) is 1.89. The van der Waals surface area contributed by atoms with Crippen LogP contribution < -0.4 is 10.6 Å². The minimum atomic E-state index is 0.140. The lowest BCUT2D eigenvalue weighted by atomic mass is 10.1. The van der Waals surface area contributed by atoms with E-state index in [-0.39, 0.29) is 5.78 Å². The molecule has 0 aliphatic rings. The van der Waals surface area contributed by atoms with Gasteiger partial charge in [0.2, 0.25) is 0 Å². The highest BCUT2D eigenvalue weighted by atomic mass is 16.1. The Hall–Kier alpha value is -1.19. The lowest BCUT2D eigenvalue weighted by Gasteiger charge is -2.03. The third-order valence-electron chi connectivity index (χ3n) is 1.93. The van der Waals surface area contributed by atoms with E-state index in [0.717, 1.165) is 18.7 Å². The molecule has 0 radical (unpaired) electrons. The molecule has 0 atom stereocenters. The Kier molecular flexibility index (Phi) is 4.89. The van der Waals surface area contributed by atoms with Gasteiger partial charge in [-0.2, -0.15) is 0 Å². The Labute approximate surface area is 84.5 Å². The van der Waals surface area contributed by atoms with Crippen LogP contribution in [0.3, 0.4) is 0 Å². The predicted molar refractivity (Wildman–Crippen MR) is 57.6 cm³/mol. The summed E-state index contributed by atoms with van der Waals surface area (Å²) in [6.45, 7) is 2.10. The molecule has 0 unspecified atom stereocenters. The first-order chi connectivity index (χ1) is 6.84. The van der Waals surface area contributed by atoms with Crippen LogP contribution in [-0.2, 0) is 0 Å². The van der Waals surface area contributed by atoms with Crippen LogP contribution >= 0.6 is 0 Å². The minimum Gasteiger partial charge on any atom is -0.318 e. The van der Waals surface area contributed by atoms with E-state index in [1.165, 1.54) is 0 Å².